The topological polar surface area (TPSA) is 69.6 Å². The van der Waals surface area contributed by atoms with Gasteiger partial charge in [-0.15, -0.1) is 0 Å². The smallest absolute Gasteiger partial charge is 0.224 e. The zero-order valence-electron chi connectivity index (χ0n) is 21.0. The van der Waals surface area contributed by atoms with E-state index in [1.165, 1.54) is 24.8 Å². The zero-order valence-corrected chi connectivity index (χ0v) is 21.0. The molecule has 0 spiro atoms. The highest BCUT2D eigenvalue weighted by Crippen LogP contribution is 2.38. The molecule has 35 heavy (non-hydrogen) atoms. The van der Waals surface area contributed by atoms with E-state index in [1.54, 1.807) is 6.92 Å². The maximum Gasteiger partial charge on any atom is 0.224 e. The molecule has 0 aliphatic heterocycles. The van der Waals surface area contributed by atoms with Gasteiger partial charge in [0.1, 0.15) is 0 Å². The summed E-state index contributed by atoms with van der Waals surface area (Å²) in [5.41, 5.74) is 3.27. The van der Waals surface area contributed by atoms with Crippen molar-refractivity contribution in [3.8, 4) is 0 Å². The second kappa shape index (κ2) is 12.3. The molecule has 0 bridgehead atoms. The Bertz CT molecular complexity index is 953. The lowest BCUT2D eigenvalue weighted by Gasteiger charge is -2.34. The van der Waals surface area contributed by atoms with Gasteiger partial charge in [-0.1, -0.05) is 86.7 Å². The maximum atomic E-state index is 13.3. The molecule has 4 rings (SSSR count). The summed E-state index contributed by atoms with van der Waals surface area (Å²) in [7, 11) is 0. The Morgan fingerprint density at radius 3 is 2.23 bits per heavy atom. The molecule has 0 saturated heterocycles. The summed E-state index contributed by atoms with van der Waals surface area (Å²) in [5.74, 6) is 0.266. The van der Waals surface area contributed by atoms with Crippen molar-refractivity contribution in [2.75, 3.05) is 6.61 Å². The predicted molar refractivity (Wildman–Crippen MR) is 139 cm³/mol. The molecule has 2 aromatic carbocycles. The maximum absolute atomic E-state index is 13.3. The van der Waals surface area contributed by atoms with Crippen LogP contribution in [0.5, 0.6) is 0 Å². The molecule has 2 aliphatic carbocycles. The number of carbonyl (C=O) groups excluding carboxylic acids is 2. The van der Waals surface area contributed by atoms with Crippen molar-refractivity contribution in [2.24, 2.45) is 5.92 Å². The molecule has 0 heterocycles. The molecule has 3 unspecified atom stereocenters. The molecule has 2 amide bonds. The summed E-state index contributed by atoms with van der Waals surface area (Å²) in [5, 5.41) is 13.0. The van der Waals surface area contributed by atoms with Gasteiger partial charge in [-0.3, -0.25) is 9.59 Å². The lowest BCUT2D eigenvalue weighted by atomic mass is 9.74. The number of aliphatic hydroxyl groups excluding tert-OH is 1. The summed E-state index contributed by atoms with van der Waals surface area (Å²) in [6, 6.07) is 18.2. The molecule has 3 atom stereocenters. The molecule has 2 aromatic rings. The van der Waals surface area contributed by atoms with Crippen molar-refractivity contribution in [3.05, 3.63) is 71.3 Å². The van der Waals surface area contributed by atoms with Crippen molar-refractivity contribution in [2.45, 2.75) is 89.3 Å². The summed E-state index contributed by atoms with van der Waals surface area (Å²) in [6.07, 6.45) is 9.94. The van der Waals surface area contributed by atoms with Crippen LogP contribution in [0.25, 0.3) is 0 Å². The van der Waals surface area contributed by atoms with E-state index in [9.17, 15) is 14.7 Å². The molecule has 2 fully saturated rings. The van der Waals surface area contributed by atoms with Crippen molar-refractivity contribution >= 4 is 11.8 Å². The van der Waals surface area contributed by atoms with Gasteiger partial charge in [-0.05, 0) is 48.3 Å². The van der Waals surface area contributed by atoms with Crippen LogP contribution in [0, 0.1) is 5.92 Å². The number of nitrogens with one attached hydrogen (secondary N) is 1. The average Bonchev–Trinajstić information content (AvgIpc) is 2.91. The van der Waals surface area contributed by atoms with Gasteiger partial charge >= 0.3 is 0 Å². The fourth-order valence-electron chi connectivity index (χ4n) is 6.00. The van der Waals surface area contributed by atoms with E-state index < -0.39 is 0 Å². The largest absolute Gasteiger partial charge is 0.394 e. The van der Waals surface area contributed by atoms with Gasteiger partial charge in [0.2, 0.25) is 11.8 Å². The molecule has 0 aromatic heterocycles. The molecular formula is C30H40N2O3. The number of carbonyl (C=O) groups is 2. The van der Waals surface area contributed by atoms with E-state index in [1.807, 2.05) is 35.2 Å². The number of aliphatic hydroxyl groups is 1. The minimum Gasteiger partial charge on any atom is -0.394 e. The Morgan fingerprint density at radius 1 is 0.914 bits per heavy atom. The Morgan fingerprint density at radius 2 is 1.57 bits per heavy atom. The van der Waals surface area contributed by atoms with Gasteiger partial charge in [-0.25, -0.2) is 0 Å². The quantitative estimate of drug-likeness (QED) is 0.529. The minimum atomic E-state index is -0.383. The Labute approximate surface area is 209 Å². The van der Waals surface area contributed by atoms with Gasteiger partial charge in [0, 0.05) is 25.4 Å². The molecule has 5 nitrogen and oxygen atoms in total. The van der Waals surface area contributed by atoms with E-state index in [0.29, 0.717) is 12.6 Å². The Balaban J connectivity index is 1.43. The van der Waals surface area contributed by atoms with Gasteiger partial charge in [0.25, 0.3) is 0 Å². The van der Waals surface area contributed by atoms with Crippen LogP contribution in [0.2, 0.25) is 0 Å². The molecule has 2 saturated carbocycles. The summed E-state index contributed by atoms with van der Waals surface area (Å²) in [6.45, 7) is 2.23. The standard InChI is InChI=1S/C30H40N2O3/c1-22(34)32(26-12-6-3-7-13-26)20-23-16-18-24(19-17-23)27-14-8-9-15-28(27)30(35)31-29(21-33)25-10-4-2-5-11-25/h2,4-5,10-11,16-19,26-29,33H,3,6-9,12-15,20-21H2,1H3,(H,31,35). The van der Waals surface area contributed by atoms with E-state index in [4.69, 9.17) is 0 Å². The van der Waals surface area contributed by atoms with Crippen LogP contribution in [0.3, 0.4) is 0 Å². The van der Waals surface area contributed by atoms with Crippen molar-refractivity contribution in [1.29, 1.82) is 0 Å². The van der Waals surface area contributed by atoms with Gasteiger partial charge < -0.3 is 15.3 Å². The number of hydrogen-bond acceptors (Lipinski definition) is 3. The summed E-state index contributed by atoms with van der Waals surface area (Å²) >= 11 is 0. The summed E-state index contributed by atoms with van der Waals surface area (Å²) < 4.78 is 0. The highest BCUT2D eigenvalue weighted by Gasteiger charge is 2.33. The molecule has 188 valence electrons. The van der Waals surface area contributed by atoms with E-state index >= 15 is 0 Å². The van der Waals surface area contributed by atoms with E-state index in [2.05, 4.69) is 29.6 Å². The van der Waals surface area contributed by atoms with Gasteiger partial charge in [-0.2, -0.15) is 0 Å². The highest BCUT2D eigenvalue weighted by molar-refractivity contribution is 5.80. The second-order valence-corrected chi connectivity index (χ2v) is 10.3. The van der Waals surface area contributed by atoms with Crippen molar-refractivity contribution in [3.63, 3.8) is 0 Å². The monoisotopic (exact) mass is 476 g/mol. The van der Waals surface area contributed by atoms with Gasteiger partial charge in [0.15, 0.2) is 0 Å². The number of hydrogen-bond donors (Lipinski definition) is 2. The first-order chi connectivity index (χ1) is 17.1. The lowest BCUT2D eigenvalue weighted by Crippen LogP contribution is -2.39. The SMILES string of the molecule is CC(=O)N(Cc1ccc(C2CCCCC2C(=O)NC(CO)c2ccccc2)cc1)C1CCCCC1. The van der Waals surface area contributed by atoms with Crippen LogP contribution < -0.4 is 5.32 Å². The van der Waals surface area contributed by atoms with Crippen LogP contribution in [0.15, 0.2) is 54.6 Å². The first kappa shape index (κ1) is 25.4. The minimum absolute atomic E-state index is 0.0294. The van der Waals surface area contributed by atoms with Crippen LogP contribution >= 0.6 is 0 Å². The lowest BCUT2D eigenvalue weighted by molar-refractivity contribution is -0.132. The molecular weight excluding hydrogens is 436 g/mol. The first-order valence-electron chi connectivity index (χ1n) is 13.4. The number of amides is 2. The van der Waals surface area contributed by atoms with E-state index in [0.717, 1.165) is 49.7 Å². The predicted octanol–water partition coefficient (Wildman–Crippen LogP) is 5.49. The van der Waals surface area contributed by atoms with Crippen LogP contribution in [0.4, 0.5) is 0 Å². The van der Waals surface area contributed by atoms with E-state index in [-0.39, 0.29) is 36.3 Å². The number of rotatable bonds is 8. The average molecular weight is 477 g/mol. The normalized spacial score (nSPS) is 21.8. The zero-order chi connectivity index (χ0) is 24.6. The molecule has 5 heteroatoms. The van der Waals surface area contributed by atoms with Crippen LogP contribution in [-0.2, 0) is 16.1 Å². The second-order valence-electron chi connectivity index (χ2n) is 10.3. The van der Waals surface area contributed by atoms with Crippen molar-refractivity contribution in [1.82, 2.24) is 10.2 Å². The van der Waals surface area contributed by atoms with Crippen LogP contribution in [0.1, 0.15) is 93.4 Å². The number of benzene rings is 2. The van der Waals surface area contributed by atoms with Crippen molar-refractivity contribution < 1.29 is 14.7 Å². The third kappa shape index (κ3) is 6.52. The number of nitrogens with zero attached hydrogens (tertiary/aromatic N) is 1. The summed E-state index contributed by atoms with van der Waals surface area (Å²) in [4.78, 5) is 27.7. The van der Waals surface area contributed by atoms with Gasteiger partial charge in [0.05, 0.1) is 12.6 Å². The molecule has 2 N–H and O–H groups in total. The third-order valence-electron chi connectivity index (χ3n) is 7.98. The third-order valence-corrected chi connectivity index (χ3v) is 7.98. The van der Waals surface area contributed by atoms with Crippen LogP contribution in [-0.4, -0.2) is 34.5 Å². The Hall–Kier alpha value is -2.66. The first-order valence-corrected chi connectivity index (χ1v) is 13.4. The molecule has 2 aliphatic rings. The Kier molecular flexibility index (Phi) is 8.97. The fourth-order valence-corrected chi connectivity index (χ4v) is 6.00. The highest BCUT2D eigenvalue weighted by atomic mass is 16.3. The fraction of sp³-hybridized carbons (Fsp3) is 0.533. The molecule has 0 radical (unpaired) electrons.